The van der Waals surface area contributed by atoms with Crippen molar-refractivity contribution in [2.24, 2.45) is 5.73 Å². The van der Waals surface area contributed by atoms with E-state index in [1.54, 1.807) is 24.3 Å². The lowest BCUT2D eigenvalue weighted by molar-refractivity contribution is 0.1000. The van der Waals surface area contributed by atoms with Gasteiger partial charge in [0.1, 0.15) is 0 Å². The van der Waals surface area contributed by atoms with E-state index in [0.29, 0.717) is 24.0 Å². The van der Waals surface area contributed by atoms with Crippen LogP contribution in [0.1, 0.15) is 34.3 Å². The smallest absolute Gasteiger partial charge is 0.300 e. The molecule has 4 N–H and O–H groups in total. The molecule has 0 radical (unpaired) electrons. The van der Waals surface area contributed by atoms with Crippen molar-refractivity contribution in [3.63, 3.8) is 0 Å². The maximum absolute atomic E-state index is 14.8. The zero-order valence-corrected chi connectivity index (χ0v) is 16.1. The summed E-state index contributed by atoms with van der Waals surface area (Å²) in [5.41, 5.74) is 5.81. The Bertz CT molecular complexity index is 993. The fourth-order valence-electron chi connectivity index (χ4n) is 2.89. The number of benzene rings is 1. The fourth-order valence-corrected chi connectivity index (χ4v) is 4.17. The number of methoxy groups -OCH3 is 1. The molecular formula is C18H21FN4O4S. The second kappa shape index (κ2) is 7.82. The number of halogens is 1. The van der Waals surface area contributed by atoms with Crippen LogP contribution in [-0.2, 0) is 21.4 Å². The van der Waals surface area contributed by atoms with Gasteiger partial charge in [0.25, 0.3) is 0 Å². The zero-order chi connectivity index (χ0) is 20.4. The first-order valence-electron chi connectivity index (χ1n) is 8.56. The number of amides is 1. The number of primary amides is 1. The van der Waals surface area contributed by atoms with Crippen molar-refractivity contribution in [1.82, 2.24) is 9.71 Å². The van der Waals surface area contributed by atoms with Crippen LogP contribution in [-0.4, -0.2) is 38.6 Å². The molecule has 28 heavy (non-hydrogen) atoms. The summed E-state index contributed by atoms with van der Waals surface area (Å²) < 4.78 is 49.1. The number of nitrogens with one attached hydrogen (secondary N) is 2. The van der Waals surface area contributed by atoms with Crippen molar-refractivity contribution >= 4 is 21.9 Å². The summed E-state index contributed by atoms with van der Waals surface area (Å²) >= 11 is 0. The summed E-state index contributed by atoms with van der Waals surface area (Å²) in [6.45, 7) is 0.236. The van der Waals surface area contributed by atoms with Crippen LogP contribution in [0.2, 0.25) is 0 Å². The van der Waals surface area contributed by atoms with Crippen molar-refractivity contribution < 1.29 is 22.3 Å². The second-order valence-corrected chi connectivity index (χ2v) is 8.21. The second-order valence-electron chi connectivity index (χ2n) is 6.79. The summed E-state index contributed by atoms with van der Waals surface area (Å²) in [6.07, 6.45) is 2.75. The van der Waals surface area contributed by atoms with Crippen LogP contribution in [0.5, 0.6) is 0 Å². The van der Waals surface area contributed by atoms with Crippen molar-refractivity contribution in [2.75, 3.05) is 18.4 Å². The predicted molar refractivity (Wildman–Crippen MR) is 101 cm³/mol. The van der Waals surface area contributed by atoms with Gasteiger partial charge in [0.05, 0.1) is 12.1 Å². The molecule has 0 atom stereocenters. The first-order valence-corrected chi connectivity index (χ1v) is 10.0. The molecule has 1 aliphatic rings. The fraction of sp³-hybridized carbons (Fsp3) is 0.333. The monoisotopic (exact) mass is 408 g/mol. The summed E-state index contributed by atoms with van der Waals surface area (Å²) in [7, 11) is -2.54. The third-order valence-electron chi connectivity index (χ3n) is 4.43. The molecule has 10 heteroatoms. The van der Waals surface area contributed by atoms with Gasteiger partial charge in [-0.1, -0.05) is 12.1 Å². The maximum Gasteiger partial charge on any atom is 0.300 e. The average Bonchev–Trinajstić information content (AvgIpc) is 3.37. The van der Waals surface area contributed by atoms with E-state index in [0.717, 1.165) is 0 Å². The lowest BCUT2D eigenvalue weighted by Crippen LogP contribution is -2.43. The van der Waals surface area contributed by atoms with Crippen LogP contribution in [0.4, 0.5) is 10.2 Å². The molecule has 0 unspecified atom stereocenters. The van der Waals surface area contributed by atoms with Gasteiger partial charge in [0.15, 0.2) is 11.6 Å². The van der Waals surface area contributed by atoms with Gasteiger partial charge in [-0.25, -0.2) is 9.37 Å². The standard InChI is InChI=1S/C18H21FN4O4S/c1-27-11-18(6-7-18)23-28(25,26)22-17-15(19)13(5-8-21-17)9-12-3-2-4-14(10-12)16(20)24/h2-5,8,10,23H,6-7,9,11H2,1H3,(H2,20,24)(H,21,22). The van der Waals surface area contributed by atoms with Gasteiger partial charge >= 0.3 is 10.2 Å². The molecule has 8 nitrogen and oxygen atoms in total. The number of aromatic nitrogens is 1. The molecule has 1 fully saturated rings. The average molecular weight is 408 g/mol. The third-order valence-corrected chi connectivity index (χ3v) is 5.60. The predicted octanol–water partition coefficient (Wildman–Crippen LogP) is 1.34. The summed E-state index contributed by atoms with van der Waals surface area (Å²) in [5.74, 6) is -1.76. The third kappa shape index (κ3) is 4.83. The van der Waals surface area contributed by atoms with E-state index >= 15 is 0 Å². The highest BCUT2D eigenvalue weighted by atomic mass is 32.2. The number of rotatable bonds is 9. The number of hydrogen-bond acceptors (Lipinski definition) is 5. The number of anilines is 1. The first-order chi connectivity index (χ1) is 13.2. The van der Waals surface area contributed by atoms with Crippen molar-refractivity contribution in [3.05, 3.63) is 59.0 Å². The topological polar surface area (TPSA) is 123 Å². The molecule has 1 aliphatic carbocycles. The molecule has 1 amide bonds. The summed E-state index contributed by atoms with van der Waals surface area (Å²) in [6, 6.07) is 7.94. The van der Waals surface area contributed by atoms with Crippen LogP contribution in [0.15, 0.2) is 36.5 Å². The SMILES string of the molecule is COCC1(NS(=O)(=O)Nc2nccc(Cc3cccc(C(N)=O)c3)c2F)CC1. The van der Waals surface area contributed by atoms with Crippen molar-refractivity contribution in [3.8, 4) is 0 Å². The molecule has 1 aromatic carbocycles. The van der Waals surface area contributed by atoms with Gasteiger partial charge in [-0.2, -0.15) is 13.1 Å². The highest BCUT2D eigenvalue weighted by Crippen LogP contribution is 2.36. The van der Waals surface area contributed by atoms with E-state index in [2.05, 4.69) is 14.4 Å². The Morgan fingerprint density at radius 3 is 2.75 bits per heavy atom. The first kappa shape index (κ1) is 20.2. The Balaban J connectivity index is 1.78. The molecule has 1 aromatic heterocycles. The summed E-state index contributed by atoms with van der Waals surface area (Å²) in [5, 5.41) is 0. The Morgan fingerprint density at radius 1 is 1.36 bits per heavy atom. The van der Waals surface area contributed by atoms with E-state index < -0.39 is 33.3 Å². The lowest BCUT2D eigenvalue weighted by Gasteiger charge is -2.17. The van der Waals surface area contributed by atoms with Crippen LogP contribution in [0.25, 0.3) is 0 Å². The van der Waals surface area contributed by atoms with Gasteiger partial charge in [-0.15, -0.1) is 0 Å². The van der Waals surface area contributed by atoms with E-state index in [1.807, 2.05) is 0 Å². The highest BCUT2D eigenvalue weighted by Gasteiger charge is 2.46. The van der Waals surface area contributed by atoms with E-state index in [1.165, 1.54) is 19.4 Å². The Hall–Kier alpha value is -2.56. The molecular weight excluding hydrogens is 387 g/mol. The van der Waals surface area contributed by atoms with Gasteiger partial charge in [0, 0.05) is 25.3 Å². The number of nitrogens with zero attached hydrogens (tertiary/aromatic N) is 1. The molecule has 1 heterocycles. The lowest BCUT2D eigenvalue weighted by atomic mass is 10.0. The van der Waals surface area contributed by atoms with Gasteiger partial charge < -0.3 is 10.5 Å². The van der Waals surface area contributed by atoms with Gasteiger partial charge in [-0.05, 0) is 42.2 Å². The number of carbonyl (C=O) groups is 1. The van der Waals surface area contributed by atoms with E-state index in [4.69, 9.17) is 10.5 Å². The maximum atomic E-state index is 14.8. The molecule has 2 aromatic rings. The quantitative estimate of drug-likeness (QED) is 0.578. The largest absolute Gasteiger partial charge is 0.383 e. The van der Waals surface area contributed by atoms with Crippen molar-refractivity contribution in [2.45, 2.75) is 24.8 Å². The van der Waals surface area contributed by atoms with Crippen LogP contribution in [0, 0.1) is 5.82 Å². The minimum Gasteiger partial charge on any atom is -0.383 e. The number of carbonyl (C=O) groups excluding carboxylic acids is 1. The molecule has 0 spiro atoms. The molecule has 0 saturated heterocycles. The molecule has 0 aliphatic heterocycles. The van der Waals surface area contributed by atoms with Crippen LogP contribution in [0.3, 0.4) is 0 Å². The Kier molecular flexibility index (Phi) is 5.64. The number of nitrogens with two attached hydrogens (primary N) is 1. The number of pyridine rings is 1. The van der Waals surface area contributed by atoms with Crippen LogP contribution < -0.4 is 15.2 Å². The highest BCUT2D eigenvalue weighted by molar-refractivity contribution is 7.90. The minimum atomic E-state index is -4.03. The van der Waals surface area contributed by atoms with Crippen molar-refractivity contribution in [1.29, 1.82) is 0 Å². The Labute approximate surface area is 162 Å². The Morgan fingerprint density at radius 2 is 2.11 bits per heavy atom. The zero-order valence-electron chi connectivity index (χ0n) is 15.2. The molecule has 0 bridgehead atoms. The normalized spacial score (nSPS) is 15.2. The summed E-state index contributed by atoms with van der Waals surface area (Å²) in [4.78, 5) is 15.1. The number of ether oxygens (including phenoxy) is 1. The molecule has 150 valence electrons. The molecule has 1 saturated carbocycles. The molecule has 3 rings (SSSR count). The minimum absolute atomic E-state index is 0.144. The van der Waals surface area contributed by atoms with Crippen LogP contribution >= 0.6 is 0 Å². The van der Waals surface area contributed by atoms with Gasteiger partial charge in [0.2, 0.25) is 5.91 Å². The van der Waals surface area contributed by atoms with Gasteiger partial charge in [-0.3, -0.25) is 9.52 Å². The van der Waals surface area contributed by atoms with E-state index in [9.17, 15) is 17.6 Å². The van der Waals surface area contributed by atoms with E-state index in [-0.39, 0.29) is 18.6 Å². The number of hydrogen-bond donors (Lipinski definition) is 3.